The van der Waals surface area contributed by atoms with Crippen LogP contribution in [0.25, 0.3) is 0 Å². The van der Waals surface area contributed by atoms with Crippen molar-refractivity contribution in [1.82, 2.24) is 9.88 Å². The van der Waals surface area contributed by atoms with Crippen LogP contribution in [0.4, 0.5) is 0 Å². The number of benzene rings is 2. The summed E-state index contributed by atoms with van der Waals surface area (Å²) >= 11 is 0. The summed E-state index contributed by atoms with van der Waals surface area (Å²) in [5, 5.41) is 8.94. The molecule has 0 N–H and O–H groups in total. The molecule has 0 unspecified atom stereocenters. The third kappa shape index (κ3) is 5.94. The molecule has 0 saturated carbocycles. The summed E-state index contributed by atoms with van der Waals surface area (Å²) in [6.45, 7) is 5.45. The summed E-state index contributed by atoms with van der Waals surface area (Å²) < 4.78 is 5.81. The van der Waals surface area contributed by atoms with Crippen molar-refractivity contribution >= 4 is 0 Å². The van der Waals surface area contributed by atoms with E-state index in [2.05, 4.69) is 35.0 Å². The van der Waals surface area contributed by atoms with Gasteiger partial charge in [-0.2, -0.15) is 5.26 Å². The topological polar surface area (TPSA) is 49.2 Å². The van der Waals surface area contributed by atoms with Gasteiger partial charge in [0.05, 0.1) is 17.3 Å². The highest BCUT2D eigenvalue weighted by atomic mass is 16.5. The number of rotatable bonds is 9. The van der Waals surface area contributed by atoms with Crippen molar-refractivity contribution in [3.63, 3.8) is 0 Å². The zero-order valence-corrected chi connectivity index (χ0v) is 16.2. The predicted octanol–water partition coefficient (Wildman–Crippen LogP) is 4.94. The zero-order chi connectivity index (χ0) is 19.6. The molecule has 3 rings (SSSR count). The highest BCUT2D eigenvalue weighted by Crippen LogP contribution is 2.17. The lowest BCUT2D eigenvalue weighted by molar-refractivity contribution is 0.257. The van der Waals surface area contributed by atoms with Gasteiger partial charge in [-0.05, 0) is 60.5 Å². The molecule has 28 heavy (non-hydrogen) atoms. The fourth-order valence-electron chi connectivity index (χ4n) is 3.06. The molecule has 0 aliphatic rings. The Morgan fingerprint density at radius 2 is 1.61 bits per heavy atom. The van der Waals surface area contributed by atoms with Crippen LogP contribution in [-0.2, 0) is 19.7 Å². The largest absolute Gasteiger partial charge is 0.487 e. The molecule has 0 amide bonds. The first-order chi connectivity index (χ1) is 13.8. The Balaban J connectivity index is 1.57. The number of ether oxygens (including phenoxy) is 1. The molecule has 0 aliphatic heterocycles. The van der Waals surface area contributed by atoms with E-state index in [-0.39, 0.29) is 0 Å². The normalized spacial score (nSPS) is 10.6. The first kappa shape index (κ1) is 19.6. The van der Waals surface area contributed by atoms with Gasteiger partial charge in [0.1, 0.15) is 12.4 Å². The Labute approximate surface area is 167 Å². The molecule has 0 radical (unpaired) electrons. The summed E-state index contributed by atoms with van der Waals surface area (Å²) in [5.74, 6) is 0.850. The minimum absolute atomic E-state index is 0.473. The lowest BCUT2D eigenvalue weighted by Crippen LogP contribution is -2.23. The minimum atomic E-state index is 0.473. The van der Waals surface area contributed by atoms with E-state index < -0.39 is 0 Å². The zero-order valence-electron chi connectivity index (χ0n) is 16.2. The quantitative estimate of drug-likeness (QED) is 0.534. The van der Waals surface area contributed by atoms with Crippen molar-refractivity contribution < 1.29 is 4.74 Å². The Bertz CT molecular complexity index is 884. The van der Waals surface area contributed by atoms with Crippen molar-refractivity contribution in [3.05, 3.63) is 95.3 Å². The second-order valence-corrected chi connectivity index (χ2v) is 6.77. The molecule has 0 spiro atoms. The SMILES string of the molecule is CCCN(Cc1ccc(C#N)cc1)Cc1ccc(OCc2ccccn2)cc1. The van der Waals surface area contributed by atoms with E-state index >= 15 is 0 Å². The van der Waals surface area contributed by atoms with Crippen LogP contribution in [0.15, 0.2) is 72.9 Å². The number of aromatic nitrogens is 1. The molecule has 4 heteroatoms. The number of pyridine rings is 1. The van der Waals surface area contributed by atoms with Gasteiger partial charge in [-0.25, -0.2) is 0 Å². The third-order valence-electron chi connectivity index (χ3n) is 4.47. The fraction of sp³-hybridized carbons (Fsp3) is 0.250. The van der Waals surface area contributed by atoms with Crippen LogP contribution in [-0.4, -0.2) is 16.4 Å². The van der Waals surface area contributed by atoms with E-state index in [1.807, 2.05) is 54.6 Å². The molecule has 0 saturated heterocycles. The Kier molecular flexibility index (Phi) is 7.17. The van der Waals surface area contributed by atoms with Crippen molar-refractivity contribution in [3.8, 4) is 11.8 Å². The highest BCUT2D eigenvalue weighted by Gasteiger charge is 2.07. The molecular formula is C24H25N3O. The summed E-state index contributed by atoms with van der Waals surface area (Å²) in [6.07, 6.45) is 2.87. The molecular weight excluding hydrogens is 346 g/mol. The fourth-order valence-corrected chi connectivity index (χ4v) is 3.06. The third-order valence-corrected chi connectivity index (χ3v) is 4.47. The predicted molar refractivity (Wildman–Crippen MR) is 111 cm³/mol. The van der Waals surface area contributed by atoms with E-state index in [4.69, 9.17) is 10.00 Å². The molecule has 0 aliphatic carbocycles. The van der Waals surface area contributed by atoms with Gasteiger partial charge >= 0.3 is 0 Å². The van der Waals surface area contributed by atoms with Gasteiger partial charge in [0.2, 0.25) is 0 Å². The average molecular weight is 371 g/mol. The second-order valence-electron chi connectivity index (χ2n) is 6.77. The Hall–Kier alpha value is -3.16. The highest BCUT2D eigenvalue weighted by molar-refractivity contribution is 5.32. The van der Waals surface area contributed by atoms with E-state index in [0.29, 0.717) is 12.2 Å². The van der Waals surface area contributed by atoms with E-state index in [9.17, 15) is 0 Å². The summed E-state index contributed by atoms with van der Waals surface area (Å²) in [6, 6.07) is 24.1. The van der Waals surface area contributed by atoms with Crippen LogP contribution in [0.2, 0.25) is 0 Å². The molecule has 0 atom stereocenters. The van der Waals surface area contributed by atoms with Crippen LogP contribution >= 0.6 is 0 Å². The van der Waals surface area contributed by atoms with Gasteiger partial charge in [-0.15, -0.1) is 0 Å². The van der Waals surface area contributed by atoms with Crippen molar-refractivity contribution in [2.45, 2.75) is 33.0 Å². The second kappa shape index (κ2) is 10.2. The Morgan fingerprint density at radius 3 is 2.18 bits per heavy atom. The van der Waals surface area contributed by atoms with Gasteiger partial charge < -0.3 is 4.74 Å². The lowest BCUT2D eigenvalue weighted by Gasteiger charge is -2.22. The van der Waals surface area contributed by atoms with Gasteiger partial charge in [-0.3, -0.25) is 9.88 Å². The van der Waals surface area contributed by atoms with Crippen LogP contribution < -0.4 is 4.74 Å². The van der Waals surface area contributed by atoms with Gasteiger partial charge in [0.25, 0.3) is 0 Å². The van der Waals surface area contributed by atoms with E-state index in [0.717, 1.165) is 37.5 Å². The van der Waals surface area contributed by atoms with Crippen molar-refractivity contribution in [2.75, 3.05) is 6.54 Å². The summed E-state index contributed by atoms with van der Waals surface area (Å²) in [7, 11) is 0. The lowest BCUT2D eigenvalue weighted by atomic mass is 10.1. The molecule has 1 aromatic heterocycles. The minimum Gasteiger partial charge on any atom is -0.487 e. The van der Waals surface area contributed by atoms with Crippen LogP contribution in [0, 0.1) is 11.3 Å². The molecule has 0 bridgehead atoms. The maximum Gasteiger partial charge on any atom is 0.130 e. The first-order valence-corrected chi connectivity index (χ1v) is 9.60. The summed E-state index contributed by atoms with van der Waals surface area (Å²) in [4.78, 5) is 6.69. The molecule has 4 nitrogen and oxygen atoms in total. The molecule has 0 fully saturated rings. The van der Waals surface area contributed by atoms with E-state index in [1.165, 1.54) is 11.1 Å². The number of hydrogen-bond acceptors (Lipinski definition) is 4. The average Bonchev–Trinajstić information content (AvgIpc) is 2.75. The molecule has 2 aromatic carbocycles. The van der Waals surface area contributed by atoms with Gasteiger partial charge in [-0.1, -0.05) is 37.3 Å². The van der Waals surface area contributed by atoms with Crippen LogP contribution in [0.5, 0.6) is 5.75 Å². The number of hydrogen-bond donors (Lipinski definition) is 0. The molecule has 142 valence electrons. The summed E-state index contributed by atoms with van der Waals surface area (Å²) in [5.41, 5.74) is 4.10. The monoisotopic (exact) mass is 371 g/mol. The van der Waals surface area contributed by atoms with E-state index in [1.54, 1.807) is 6.20 Å². The maximum atomic E-state index is 8.94. The van der Waals surface area contributed by atoms with Crippen molar-refractivity contribution in [1.29, 1.82) is 5.26 Å². The van der Waals surface area contributed by atoms with Crippen LogP contribution in [0.3, 0.4) is 0 Å². The van der Waals surface area contributed by atoms with Crippen molar-refractivity contribution in [2.24, 2.45) is 0 Å². The van der Waals surface area contributed by atoms with Gasteiger partial charge in [0.15, 0.2) is 0 Å². The number of nitriles is 1. The van der Waals surface area contributed by atoms with Crippen LogP contribution in [0.1, 0.15) is 35.7 Å². The standard InChI is InChI=1S/C24H25N3O/c1-2-15-27(17-21-8-6-20(16-25)7-9-21)18-22-10-12-24(13-11-22)28-19-23-5-3-4-14-26-23/h3-14H,2,15,17-19H2,1H3. The molecule has 3 aromatic rings. The number of nitrogens with zero attached hydrogens (tertiary/aromatic N) is 3. The Morgan fingerprint density at radius 1 is 0.929 bits per heavy atom. The molecule has 1 heterocycles. The smallest absolute Gasteiger partial charge is 0.130 e. The maximum absolute atomic E-state index is 8.94. The van der Waals surface area contributed by atoms with Gasteiger partial charge in [0, 0.05) is 19.3 Å². The first-order valence-electron chi connectivity index (χ1n) is 9.60.